The van der Waals surface area contributed by atoms with Gasteiger partial charge in [0.05, 0.1) is 12.1 Å². The van der Waals surface area contributed by atoms with Gasteiger partial charge in [-0.05, 0) is 48.7 Å². The summed E-state index contributed by atoms with van der Waals surface area (Å²) in [5, 5.41) is 2.95. The molecule has 0 radical (unpaired) electrons. The first-order chi connectivity index (χ1) is 11.5. The molecule has 0 saturated carbocycles. The number of hydrogen-bond donors (Lipinski definition) is 1. The quantitative estimate of drug-likeness (QED) is 0.944. The SMILES string of the molecule is Cc1cccc(NC(=O)Cc2ccc3c(c2)N(C)C(=O)CO3)c1C. The van der Waals surface area contributed by atoms with Crippen molar-refractivity contribution in [2.45, 2.75) is 20.3 Å². The van der Waals surface area contributed by atoms with Crippen molar-refractivity contribution in [3.8, 4) is 5.75 Å². The van der Waals surface area contributed by atoms with Crippen molar-refractivity contribution >= 4 is 23.2 Å². The van der Waals surface area contributed by atoms with Crippen LogP contribution in [-0.4, -0.2) is 25.5 Å². The van der Waals surface area contributed by atoms with E-state index < -0.39 is 0 Å². The number of hydrogen-bond acceptors (Lipinski definition) is 3. The predicted molar refractivity (Wildman–Crippen MR) is 93.6 cm³/mol. The summed E-state index contributed by atoms with van der Waals surface area (Å²) < 4.78 is 5.40. The first-order valence-corrected chi connectivity index (χ1v) is 7.84. The van der Waals surface area contributed by atoms with Gasteiger partial charge in [-0.3, -0.25) is 9.59 Å². The van der Waals surface area contributed by atoms with Crippen LogP contribution in [-0.2, 0) is 16.0 Å². The van der Waals surface area contributed by atoms with E-state index in [1.165, 1.54) is 0 Å². The molecule has 5 nitrogen and oxygen atoms in total. The van der Waals surface area contributed by atoms with E-state index in [1.807, 2.05) is 44.2 Å². The van der Waals surface area contributed by atoms with Crippen molar-refractivity contribution in [3.05, 3.63) is 53.1 Å². The van der Waals surface area contributed by atoms with Crippen molar-refractivity contribution < 1.29 is 14.3 Å². The van der Waals surface area contributed by atoms with Gasteiger partial charge in [0.1, 0.15) is 5.75 Å². The van der Waals surface area contributed by atoms with E-state index in [0.717, 1.165) is 22.4 Å². The van der Waals surface area contributed by atoms with Gasteiger partial charge in [0.2, 0.25) is 5.91 Å². The van der Waals surface area contributed by atoms with Gasteiger partial charge in [-0.25, -0.2) is 0 Å². The van der Waals surface area contributed by atoms with E-state index in [-0.39, 0.29) is 24.8 Å². The number of nitrogens with one attached hydrogen (secondary N) is 1. The first kappa shape index (κ1) is 16.1. The summed E-state index contributed by atoms with van der Waals surface area (Å²) in [7, 11) is 1.71. The van der Waals surface area contributed by atoms with Crippen LogP contribution < -0.4 is 15.0 Å². The maximum atomic E-state index is 12.3. The number of fused-ring (bicyclic) bond motifs is 1. The number of carbonyl (C=O) groups excluding carboxylic acids is 2. The molecule has 2 aromatic carbocycles. The lowest BCUT2D eigenvalue weighted by molar-refractivity contribution is -0.121. The van der Waals surface area contributed by atoms with Crippen LogP contribution in [0.2, 0.25) is 0 Å². The van der Waals surface area contributed by atoms with Gasteiger partial charge in [-0.2, -0.15) is 0 Å². The normalized spacial score (nSPS) is 13.3. The van der Waals surface area contributed by atoms with Gasteiger partial charge >= 0.3 is 0 Å². The summed E-state index contributed by atoms with van der Waals surface area (Å²) in [6, 6.07) is 11.3. The Morgan fingerprint density at radius 3 is 2.83 bits per heavy atom. The average Bonchev–Trinajstić information content (AvgIpc) is 2.56. The Bertz CT molecular complexity index is 814. The molecule has 2 aromatic rings. The molecule has 1 aliphatic heterocycles. The second-order valence-electron chi connectivity index (χ2n) is 6.02. The Kier molecular flexibility index (Phi) is 4.25. The van der Waals surface area contributed by atoms with Crippen LogP contribution in [0.15, 0.2) is 36.4 Å². The summed E-state index contributed by atoms with van der Waals surface area (Å²) in [5.74, 6) is 0.477. The number of carbonyl (C=O) groups is 2. The molecule has 0 aliphatic carbocycles. The Morgan fingerprint density at radius 2 is 2.04 bits per heavy atom. The Morgan fingerprint density at radius 1 is 1.25 bits per heavy atom. The molecule has 5 heteroatoms. The van der Waals surface area contributed by atoms with E-state index in [2.05, 4.69) is 5.32 Å². The van der Waals surface area contributed by atoms with Gasteiger partial charge in [0.25, 0.3) is 5.91 Å². The van der Waals surface area contributed by atoms with Crippen molar-refractivity contribution in [1.82, 2.24) is 0 Å². The third-order valence-electron chi connectivity index (χ3n) is 4.35. The minimum atomic E-state index is -0.0977. The molecule has 0 fully saturated rings. The van der Waals surface area contributed by atoms with Crippen LogP contribution in [0.5, 0.6) is 5.75 Å². The summed E-state index contributed by atoms with van der Waals surface area (Å²) in [5.41, 5.74) is 4.56. The summed E-state index contributed by atoms with van der Waals surface area (Å²) in [6.07, 6.45) is 0.239. The second kappa shape index (κ2) is 6.35. The van der Waals surface area contributed by atoms with Crippen LogP contribution in [0.1, 0.15) is 16.7 Å². The fourth-order valence-electron chi connectivity index (χ4n) is 2.69. The van der Waals surface area contributed by atoms with E-state index in [4.69, 9.17) is 4.74 Å². The second-order valence-corrected chi connectivity index (χ2v) is 6.02. The number of anilines is 2. The standard InChI is InChI=1S/C19H20N2O3/c1-12-5-4-6-15(13(12)2)20-18(22)10-14-7-8-17-16(9-14)21(3)19(23)11-24-17/h4-9H,10-11H2,1-3H3,(H,20,22). The number of ether oxygens (including phenoxy) is 1. The van der Waals surface area contributed by atoms with Gasteiger partial charge in [0.15, 0.2) is 6.61 Å². The van der Waals surface area contributed by atoms with Crippen LogP contribution in [0, 0.1) is 13.8 Å². The average molecular weight is 324 g/mol. The van der Waals surface area contributed by atoms with Gasteiger partial charge < -0.3 is 15.0 Å². The third kappa shape index (κ3) is 3.11. The maximum Gasteiger partial charge on any atom is 0.264 e. The number of benzene rings is 2. The van der Waals surface area contributed by atoms with Crippen molar-refractivity contribution in [1.29, 1.82) is 0 Å². The Labute approximate surface area is 141 Å². The number of nitrogens with zero attached hydrogens (tertiary/aromatic N) is 1. The molecular weight excluding hydrogens is 304 g/mol. The molecule has 0 aromatic heterocycles. The topological polar surface area (TPSA) is 58.6 Å². The van der Waals surface area contributed by atoms with Gasteiger partial charge in [0, 0.05) is 12.7 Å². The summed E-state index contributed by atoms with van der Waals surface area (Å²) in [4.78, 5) is 25.6. The zero-order valence-corrected chi connectivity index (χ0v) is 14.1. The van der Waals surface area contributed by atoms with Crippen LogP contribution in [0.25, 0.3) is 0 Å². The monoisotopic (exact) mass is 324 g/mol. The van der Waals surface area contributed by atoms with E-state index in [1.54, 1.807) is 18.0 Å². The predicted octanol–water partition coefficient (Wildman–Crippen LogP) is 2.84. The lowest BCUT2D eigenvalue weighted by atomic mass is 10.1. The number of likely N-dealkylation sites (N-methyl/N-ethyl adjacent to an activating group) is 1. The zero-order valence-electron chi connectivity index (χ0n) is 14.1. The third-order valence-corrected chi connectivity index (χ3v) is 4.35. The molecule has 0 bridgehead atoms. The van der Waals surface area contributed by atoms with Crippen molar-refractivity contribution in [2.24, 2.45) is 0 Å². The molecule has 1 N–H and O–H groups in total. The highest BCUT2D eigenvalue weighted by Gasteiger charge is 2.22. The molecule has 1 heterocycles. The zero-order chi connectivity index (χ0) is 17.3. The van der Waals surface area contributed by atoms with Gasteiger partial charge in [-0.1, -0.05) is 18.2 Å². The summed E-state index contributed by atoms with van der Waals surface area (Å²) in [6.45, 7) is 4.05. The van der Waals surface area contributed by atoms with Crippen LogP contribution in [0.4, 0.5) is 11.4 Å². The minimum Gasteiger partial charge on any atom is -0.482 e. The Balaban J connectivity index is 1.75. The maximum absolute atomic E-state index is 12.3. The first-order valence-electron chi connectivity index (χ1n) is 7.84. The fraction of sp³-hybridized carbons (Fsp3) is 0.263. The largest absolute Gasteiger partial charge is 0.482 e. The number of aryl methyl sites for hydroxylation is 1. The molecule has 0 spiro atoms. The molecule has 2 amide bonds. The molecule has 0 atom stereocenters. The number of rotatable bonds is 3. The van der Waals surface area contributed by atoms with E-state index in [0.29, 0.717) is 11.4 Å². The smallest absolute Gasteiger partial charge is 0.264 e. The van der Waals surface area contributed by atoms with Gasteiger partial charge in [-0.15, -0.1) is 0 Å². The van der Waals surface area contributed by atoms with Crippen molar-refractivity contribution in [2.75, 3.05) is 23.9 Å². The van der Waals surface area contributed by atoms with Crippen LogP contribution >= 0.6 is 0 Å². The lowest BCUT2D eigenvalue weighted by Gasteiger charge is -2.26. The molecule has 0 unspecified atom stereocenters. The van der Waals surface area contributed by atoms with E-state index in [9.17, 15) is 9.59 Å². The highest BCUT2D eigenvalue weighted by molar-refractivity contribution is 5.98. The highest BCUT2D eigenvalue weighted by Crippen LogP contribution is 2.32. The molecule has 3 rings (SSSR count). The molecular formula is C19H20N2O3. The lowest BCUT2D eigenvalue weighted by Crippen LogP contribution is -2.35. The van der Waals surface area contributed by atoms with Crippen LogP contribution in [0.3, 0.4) is 0 Å². The minimum absolute atomic E-state index is 0.0516. The van der Waals surface area contributed by atoms with Crippen molar-refractivity contribution in [3.63, 3.8) is 0 Å². The summed E-state index contributed by atoms with van der Waals surface area (Å²) >= 11 is 0. The number of amides is 2. The molecule has 124 valence electrons. The van der Waals surface area contributed by atoms with E-state index >= 15 is 0 Å². The molecule has 0 saturated heterocycles. The Hall–Kier alpha value is -2.82. The molecule has 1 aliphatic rings. The molecule has 24 heavy (non-hydrogen) atoms. The fourth-order valence-corrected chi connectivity index (χ4v) is 2.69. The highest BCUT2D eigenvalue weighted by atomic mass is 16.5.